The predicted octanol–water partition coefficient (Wildman–Crippen LogP) is 2.52. The van der Waals surface area contributed by atoms with Crippen molar-refractivity contribution in [2.45, 2.75) is 44.3 Å². The summed E-state index contributed by atoms with van der Waals surface area (Å²) >= 11 is 1.36. The minimum absolute atomic E-state index is 0.0497. The van der Waals surface area contributed by atoms with Crippen molar-refractivity contribution in [3.8, 4) is 0 Å². The van der Waals surface area contributed by atoms with Gasteiger partial charge < -0.3 is 19.9 Å². The van der Waals surface area contributed by atoms with Crippen LogP contribution in [0.15, 0.2) is 29.3 Å². The molecule has 182 valence electrons. The van der Waals surface area contributed by atoms with Crippen molar-refractivity contribution in [1.29, 1.82) is 0 Å². The Kier molecular flexibility index (Phi) is 7.87. The van der Waals surface area contributed by atoms with Crippen molar-refractivity contribution in [1.82, 2.24) is 9.80 Å². The van der Waals surface area contributed by atoms with Gasteiger partial charge in [-0.2, -0.15) is 4.99 Å². The maximum atomic E-state index is 12.9. The predicted molar refractivity (Wildman–Crippen MR) is 130 cm³/mol. The van der Waals surface area contributed by atoms with Crippen molar-refractivity contribution >= 4 is 46.3 Å². The Morgan fingerprint density at radius 2 is 1.85 bits per heavy atom. The summed E-state index contributed by atoms with van der Waals surface area (Å²) in [4.78, 5) is 57.6. The lowest BCUT2D eigenvalue weighted by Crippen LogP contribution is -2.42. The summed E-state index contributed by atoms with van der Waals surface area (Å²) in [6.45, 7) is 4.87. The van der Waals surface area contributed by atoms with E-state index in [-0.39, 0.29) is 36.0 Å². The molecular formula is C24H30N4O5S. The van der Waals surface area contributed by atoms with Crippen molar-refractivity contribution < 1.29 is 23.9 Å². The maximum Gasteiger partial charge on any atom is 0.310 e. The van der Waals surface area contributed by atoms with Gasteiger partial charge in [0.1, 0.15) is 5.25 Å². The van der Waals surface area contributed by atoms with Gasteiger partial charge in [0.15, 0.2) is 5.17 Å². The molecule has 0 spiro atoms. The number of anilines is 1. The summed E-state index contributed by atoms with van der Waals surface area (Å²) < 4.78 is 5.10. The molecule has 0 radical (unpaired) electrons. The third-order valence-corrected chi connectivity index (χ3v) is 7.43. The van der Waals surface area contributed by atoms with E-state index in [2.05, 4.69) is 15.2 Å². The van der Waals surface area contributed by atoms with Gasteiger partial charge in [0.05, 0.1) is 12.5 Å². The number of benzene rings is 1. The molecule has 34 heavy (non-hydrogen) atoms. The molecule has 3 aliphatic heterocycles. The first-order valence-corrected chi connectivity index (χ1v) is 12.7. The Morgan fingerprint density at radius 3 is 2.56 bits per heavy atom. The molecule has 9 nitrogen and oxygen atoms in total. The number of nitrogens with zero attached hydrogens (tertiary/aromatic N) is 3. The van der Waals surface area contributed by atoms with Gasteiger partial charge in [0, 0.05) is 43.9 Å². The Labute approximate surface area is 203 Å². The van der Waals surface area contributed by atoms with E-state index in [1.807, 2.05) is 0 Å². The van der Waals surface area contributed by atoms with E-state index >= 15 is 0 Å². The van der Waals surface area contributed by atoms with Crippen molar-refractivity contribution in [3.63, 3.8) is 0 Å². The lowest BCUT2D eigenvalue weighted by molar-refractivity contribution is -0.149. The molecule has 0 aliphatic carbocycles. The number of carbonyl (C=O) groups excluding carboxylic acids is 4. The molecule has 3 aliphatic rings. The van der Waals surface area contributed by atoms with Crippen molar-refractivity contribution in [2.75, 3.05) is 38.1 Å². The maximum absolute atomic E-state index is 12.9. The van der Waals surface area contributed by atoms with Crippen LogP contribution in [0.4, 0.5) is 5.69 Å². The number of amidine groups is 1. The zero-order chi connectivity index (χ0) is 24.1. The summed E-state index contributed by atoms with van der Waals surface area (Å²) in [5.41, 5.74) is 1.05. The first-order valence-electron chi connectivity index (χ1n) is 11.8. The molecule has 1 N–H and O–H groups in total. The van der Waals surface area contributed by atoms with E-state index in [1.165, 1.54) is 11.8 Å². The number of hydrogen-bond acceptors (Lipinski definition) is 7. The van der Waals surface area contributed by atoms with Gasteiger partial charge in [-0.3, -0.25) is 19.2 Å². The summed E-state index contributed by atoms with van der Waals surface area (Å²) in [6.07, 6.45) is 3.72. The second kappa shape index (κ2) is 11.0. The molecule has 0 bridgehead atoms. The first-order chi connectivity index (χ1) is 16.4. The van der Waals surface area contributed by atoms with Gasteiger partial charge in [-0.25, -0.2) is 0 Å². The van der Waals surface area contributed by atoms with E-state index in [9.17, 15) is 19.2 Å². The van der Waals surface area contributed by atoms with Gasteiger partial charge in [-0.05, 0) is 56.9 Å². The third-order valence-electron chi connectivity index (χ3n) is 6.22. The molecule has 2 saturated heterocycles. The number of likely N-dealkylation sites (tertiary alicyclic amines) is 2. The quantitative estimate of drug-likeness (QED) is 0.616. The van der Waals surface area contributed by atoms with Crippen LogP contribution in [-0.4, -0.2) is 76.7 Å². The van der Waals surface area contributed by atoms with E-state index in [4.69, 9.17) is 4.74 Å². The van der Waals surface area contributed by atoms with Crippen LogP contribution in [0.3, 0.4) is 0 Å². The van der Waals surface area contributed by atoms with Crippen LogP contribution >= 0.6 is 11.8 Å². The lowest BCUT2D eigenvalue weighted by Gasteiger charge is -2.31. The molecule has 10 heteroatoms. The molecular weight excluding hydrogens is 456 g/mol. The van der Waals surface area contributed by atoms with Crippen molar-refractivity contribution in [3.05, 3.63) is 29.8 Å². The van der Waals surface area contributed by atoms with Crippen LogP contribution in [0.5, 0.6) is 0 Å². The second-order valence-corrected chi connectivity index (χ2v) is 9.88. The molecule has 2 fully saturated rings. The number of hydrogen-bond donors (Lipinski definition) is 1. The number of carbonyl (C=O) groups is 4. The van der Waals surface area contributed by atoms with Crippen LogP contribution in [0.2, 0.25) is 0 Å². The Bertz CT molecular complexity index is 974. The van der Waals surface area contributed by atoms with Gasteiger partial charge in [-0.1, -0.05) is 11.8 Å². The lowest BCUT2D eigenvalue weighted by atomic mass is 9.97. The van der Waals surface area contributed by atoms with Gasteiger partial charge in [-0.15, -0.1) is 0 Å². The van der Waals surface area contributed by atoms with Crippen LogP contribution in [0, 0.1) is 5.92 Å². The molecule has 3 heterocycles. The first kappa shape index (κ1) is 24.3. The van der Waals surface area contributed by atoms with Crippen LogP contribution in [0.25, 0.3) is 0 Å². The molecule has 0 saturated carbocycles. The Balaban J connectivity index is 1.28. The van der Waals surface area contributed by atoms with Gasteiger partial charge in [0.2, 0.25) is 5.91 Å². The highest BCUT2D eigenvalue weighted by molar-refractivity contribution is 8.15. The minimum atomic E-state index is -0.497. The fraction of sp³-hybridized carbons (Fsp3) is 0.542. The largest absolute Gasteiger partial charge is 0.466 e. The van der Waals surface area contributed by atoms with E-state index < -0.39 is 5.25 Å². The average molecular weight is 487 g/mol. The number of aliphatic imine (C=N–C) groups is 1. The number of thioether (sulfide) groups is 1. The molecule has 1 aromatic carbocycles. The average Bonchev–Trinajstić information content (AvgIpc) is 3.50. The summed E-state index contributed by atoms with van der Waals surface area (Å²) in [5.74, 6) is -1.22. The molecule has 1 aromatic rings. The topological polar surface area (TPSA) is 108 Å². The number of esters is 1. The highest BCUT2D eigenvalue weighted by Crippen LogP contribution is 2.29. The molecule has 0 aromatic heterocycles. The Morgan fingerprint density at radius 1 is 1.12 bits per heavy atom. The highest BCUT2D eigenvalue weighted by Gasteiger charge is 2.34. The Hall–Kier alpha value is -2.88. The smallest absolute Gasteiger partial charge is 0.310 e. The highest BCUT2D eigenvalue weighted by atomic mass is 32.2. The minimum Gasteiger partial charge on any atom is -0.466 e. The zero-order valence-corrected chi connectivity index (χ0v) is 20.1. The monoisotopic (exact) mass is 486 g/mol. The van der Waals surface area contributed by atoms with Crippen LogP contribution in [-0.2, 0) is 19.1 Å². The SMILES string of the molecule is CCOC(=O)[C@H]1CCCN(C(=O)c2ccc(NC(=O)C[C@H]3SC(N4CCCC4)=NC3=O)cc2)C1. The normalized spacial score (nSPS) is 22.5. The van der Waals surface area contributed by atoms with Gasteiger partial charge in [0.25, 0.3) is 11.8 Å². The van der Waals surface area contributed by atoms with E-state index in [0.717, 1.165) is 43.9 Å². The number of nitrogens with one attached hydrogen (secondary N) is 1. The molecule has 4 rings (SSSR count). The van der Waals surface area contributed by atoms with Crippen LogP contribution in [0.1, 0.15) is 49.4 Å². The number of amides is 3. The number of rotatable bonds is 6. The van der Waals surface area contributed by atoms with Crippen molar-refractivity contribution in [2.24, 2.45) is 10.9 Å². The molecule has 3 amide bonds. The van der Waals surface area contributed by atoms with Crippen LogP contribution < -0.4 is 5.32 Å². The van der Waals surface area contributed by atoms with E-state index in [1.54, 1.807) is 36.1 Å². The number of ether oxygens (including phenoxy) is 1. The summed E-state index contributed by atoms with van der Waals surface area (Å²) in [5, 5.41) is 3.03. The van der Waals surface area contributed by atoms with Gasteiger partial charge >= 0.3 is 5.97 Å². The fourth-order valence-electron chi connectivity index (χ4n) is 4.43. The zero-order valence-electron chi connectivity index (χ0n) is 19.3. The fourth-order valence-corrected chi connectivity index (χ4v) is 5.54. The summed E-state index contributed by atoms with van der Waals surface area (Å²) in [6, 6.07) is 6.67. The standard InChI is InChI=1S/C24H30N4O5S/c1-2-33-23(32)17-6-5-13-28(15-17)22(31)16-7-9-18(10-8-16)25-20(29)14-19-21(30)26-24(34-19)27-11-3-4-12-27/h7-10,17,19H,2-6,11-15H2,1H3,(H,25,29)/t17-,19+/m0/s1. The molecule has 0 unspecified atom stereocenters. The van der Waals surface area contributed by atoms with E-state index in [0.29, 0.717) is 30.9 Å². The summed E-state index contributed by atoms with van der Waals surface area (Å²) in [7, 11) is 0. The number of piperidine rings is 1. The third kappa shape index (κ3) is 5.78. The molecule has 2 atom stereocenters. The second-order valence-electron chi connectivity index (χ2n) is 8.71.